The summed E-state index contributed by atoms with van der Waals surface area (Å²) >= 11 is 0. The van der Waals surface area contributed by atoms with E-state index in [1.807, 2.05) is 18.3 Å². The van der Waals surface area contributed by atoms with Crippen LogP contribution in [0.25, 0.3) is 0 Å². The van der Waals surface area contributed by atoms with Gasteiger partial charge in [-0.1, -0.05) is 19.1 Å². The van der Waals surface area contributed by atoms with Gasteiger partial charge in [-0.15, -0.1) is 0 Å². The minimum Gasteiger partial charge on any atom is -0.261 e. The van der Waals surface area contributed by atoms with Crippen LogP contribution in [0.3, 0.4) is 0 Å². The van der Waals surface area contributed by atoms with Crippen LogP contribution in [0.1, 0.15) is 18.9 Å². The molecule has 0 aliphatic heterocycles. The van der Waals surface area contributed by atoms with E-state index in [4.69, 9.17) is 0 Å². The molecule has 1 aromatic carbocycles. The molecule has 58 valence electrons. The fraction of sp³-hybridized carbons (Fsp3) is 0.300. The smallest absolute Gasteiger partial charge is 0.0628 e. The van der Waals surface area contributed by atoms with Crippen molar-refractivity contribution in [3.8, 4) is 0 Å². The van der Waals surface area contributed by atoms with Crippen LogP contribution in [0, 0.1) is 6.92 Å². The topological polar surface area (TPSA) is 12.4 Å². The van der Waals surface area contributed by atoms with Gasteiger partial charge in [-0.05, 0) is 31.0 Å². The van der Waals surface area contributed by atoms with Gasteiger partial charge in [-0.2, -0.15) is 0 Å². The molecular formula is C10H13N. The summed E-state index contributed by atoms with van der Waals surface area (Å²) in [6.07, 6.45) is 2.92. The van der Waals surface area contributed by atoms with E-state index in [0.29, 0.717) is 0 Å². The van der Waals surface area contributed by atoms with Crippen molar-refractivity contribution in [3.63, 3.8) is 0 Å². The summed E-state index contributed by atoms with van der Waals surface area (Å²) in [7, 11) is 0. The molecule has 1 heteroatoms. The molecular weight excluding hydrogens is 134 g/mol. The Kier molecular flexibility index (Phi) is 2.84. The number of aryl methyl sites for hydroxylation is 1. The maximum absolute atomic E-state index is 4.26. The quantitative estimate of drug-likeness (QED) is 0.570. The molecule has 0 atom stereocenters. The van der Waals surface area contributed by atoms with Gasteiger partial charge in [-0.25, -0.2) is 0 Å². The highest BCUT2D eigenvalue weighted by Crippen LogP contribution is 2.12. The van der Waals surface area contributed by atoms with Gasteiger partial charge < -0.3 is 0 Å². The lowest BCUT2D eigenvalue weighted by Crippen LogP contribution is -1.71. The lowest BCUT2D eigenvalue weighted by atomic mass is 10.2. The Morgan fingerprint density at radius 1 is 1.45 bits per heavy atom. The van der Waals surface area contributed by atoms with Crippen LogP contribution in [0.4, 0.5) is 5.69 Å². The Morgan fingerprint density at radius 2 is 2.27 bits per heavy atom. The first kappa shape index (κ1) is 7.99. The Hall–Kier alpha value is -1.11. The summed E-state index contributed by atoms with van der Waals surface area (Å²) in [5.41, 5.74) is 2.31. The van der Waals surface area contributed by atoms with Crippen molar-refractivity contribution in [2.24, 2.45) is 4.99 Å². The molecule has 0 unspecified atom stereocenters. The average molecular weight is 147 g/mol. The molecule has 0 bridgehead atoms. The van der Waals surface area contributed by atoms with Gasteiger partial charge in [0.2, 0.25) is 0 Å². The zero-order chi connectivity index (χ0) is 8.10. The molecule has 0 amide bonds. The molecule has 0 saturated carbocycles. The molecule has 0 aliphatic carbocycles. The Labute approximate surface area is 67.8 Å². The summed E-state index contributed by atoms with van der Waals surface area (Å²) < 4.78 is 0. The second-order valence-electron chi connectivity index (χ2n) is 2.56. The number of rotatable bonds is 2. The van der Waals surface area contributed by atoms with Crippen molar-refractivity contribution in [1.82, 2.24) is 0 Å². The number of nitrogens with zero attached hydrogens (tertiary/aromatic N) is 1. The number of aliphatic imine (C=N–C) groups is 1. The van der Waals surface area contributed by atoms with Crippen molar-refractivity contribution >= 4 is 11.9 Å². The van der Waals surface area contributed by atoms with Gasteiger partial charge >= 0.3 is 0 Å². The second-order valence-corrected chi connectivity index (χ2v) is 2.56. The van der Waals surface area contributed by atoms with Crippen molar-refractivity contribution < 1.29 is 0 Å². The summed E-state index contributed by atoms with van der Waals surface area (Å²) in [6.45, 7) is 4.16. The SMILES string of the molecule is CCC=Nc1cccc(C)c1. The van der Waals surface area contributed by atoms with E-state index in [1.54, 1.807) is 0 Å². The Morgan fingerprint density at radius 3 is 2.91 bits per heavy atom. The van der Waals surface area contributed by atoms with E-state index < -0.39 is 0 Å². The van der Waals surface area contributed by atoms with Crippen LogP contribution in [0.5, 0.6) is 0 Å². The molecule has 0 heterocycles. The monoisotopic (exact) mass is 147 g/mol. The predicted octanol–water partition coefficient (Wildman–Crippen LogP) is 3.11. The van der Waals surface area contributed by atoms with Crippen LogP contribution >= 0.6 is 0 Å². The zero-order valence-electron chi connectivity index (χ0n) is 7.04. The number of benzene rings is 1. The largest absolute Gasteiger partial charge is 0.261 e. The van der Waals surface area contributed by atoms with E-state index in [9.17, 15) is 0 Å². The molecule has 0 aromatic heterocycles. The molecule has 0 saturated heterocycles. The first-order chi connectivity index (χ1) is 5.33. The summed E-state index contributed by atoms with van der Waals surface area (Å²) in [4.78, 5) is 4.26. The van der Waals surface area contributed by atoms with Crippen LogP contribution in [-0.4, -0.2) is 6.21 Å². The number of hydrogen-bond donors (Lipinski definition) is 0. The van der Waals surface area contributed by atoms with Crippen molar-refractivity contribution in [2.75, 3.05) is 0 Å². The maximum atomic E-state index is 4.26. The van der Waals surface area contributed by atoms with E-state index in [-0.39, 0.29) is 0 Å². The Bertz CT molecular complexity index is 251. The zero-order valence-corrected chi connectivity index (χ0v) is 7.04. The lowest BCUT2D eigenvalue weighted by Gasteiger charge is -1.93. The molecule has 11 heavy (non-hydrogen) atoms. The minimum absolute atomic E-state index is 0.994. The Balaban J connectivity index is 2.79. The van der Waals surface area contributed by atoms with E-state index in [1.165, 1.54) is 5.56 Å². The van der Waals surface area contributed by atoms with E-state index >= 15 is 0 Å². The van der Waals surface area contributed by atoms with Crippen molar-refractivity contribution in [1.29, 1.82) is 0 Å². The van der Waals surface area contributed by atoms with E-state index in [0.717, 1.165) is 12.1 Å². The van der Waals surface area contributed by atoms with Crippen LogP contribution in [0.2, 0.25) is 0 Å². The minimum atomic E-state index is 0.994. The van der Waals surface area contributed by atoms with Crippen molar-refractivity contribution in [2.45, 2.75) is 20.3 Å². The highest BCUT2D eigenvalue weighted by Gasteiger charge is 1.85. The molecule has 0 spiro atoms. The van der Waals surface area contributed by atoms with E-state index in [2.05, 4.69) is 31.0 Å². The molecule has 0 fully saturated rings. The first-order valence-electron chi connectivity index (χ1n) is 3.92. The molecule has 1 nitrogen and oxygen atoms in total. The molecule has 0 aliphatic rings. The second kappa shape index (κ2) is 3.91. The normalized spacial score (nSPS) is 10.7. The summed E-state index contributed by atoms with van der Waals surface area (Å²) in [5.74, 6) is 0. The molecule has 0 radical (unpaired) electrons. The lowest BCUT2D eigenvalue weighted by molar-refractivity contribution is 1.31. The van der Waals surface area contributed by atoms with Crippen LogP contribution in [-0.2, 0) is 0 Å². The van der Waals surface area contributed by atoms with Gasteiger partial charge in [0, 0.05) is 6.21 Å². The van der Waals surface area contributed by atoms with Crippen LogP contribution < -0.4 is 0 Å². The predicted molar refractivity (Wildman–Crippen MR) is 49.6 cm³/mol. The van der Waals surface area contributed by atoms with Gasteiger partial charge in [0.1, 0.15) is 0 Å². The van der Waals surface area contributed by atoms with Gasteiger partial charge in [0.15, 0.2) is 0 Å². The van der Waals surface area contributed by atoms with Gasteiger partial charge in [0.05, 0.1) is 5.69 Å². The molecule has 0 N–H and O–H groups in total. The third kappa shape index (κ3) is 2.54. The molecule has 1 rings (SSSR count). The summed E-state index contributed by atoms with van der Waals surface area (Å²) in [5, 5.41) is 0. The van der Waals surface area contributed by atoms with Crippen molar-refractivity contribution in [3.05, 3.63) is 29.8 Å². The third-order valence-electron chi connectivity index (χ3n) is 1.42. The average Bonchev–Trinajstić information content (AvgIpc) is 2.01. The standard InChI is InChI=1S/C10H13N/c1-3-7-11-10-6-4-5-9(2)8-10/h4-8H,3H2,1-2H3. The highest BCUT2D eigenvalue weighted by molar-refractivity contribution is 5.62. The molecule has 1 aromatic rings. The summed E-state index contributed by atoms with van der Waals surface area (Å²) in [6, 6.07) is 8.19. The van der Waals surface area contributed by atoms with Crippen LogP contribution in [0.15, 0.2) is 29.3 Å². The first-order valence-corrected chi connectivity index (χ1v) is 3.92. The van der Waals surface area contributed by atoms with Gasteiger partial charge in [-0.3, -0.25) is 4.99 Å². The maximum Gasteiger partial charge on any atom is 0.0628 e. The third-order valence-corrected chi connectivity index (χ3v) is 1.42. The fourth-order valence-corrected chi connectivity index (χ4v) is 0.905. The number of hydrogen-bond acceptors (Lipinski definition) is 1. The van der Waals surface area contributed by atoms with Gasteiger partial charge in [0.25, 0.3) is 0 Å². The fourth-order valence-electron chi connectivity index (χ4n) is 0.905. The highest BCUT2D eigenvalue weighted by atomic mass is 14.7.